The maximum atomic E-state index is 8.82. The molecule has 0 spiro atoms. The Labute approximate surface area is 92.6 Å². The summed E-state index contributed by atoms with van der Waals surface area (Å²) in [6.45, 7) is 6.82. The summed E-state index contributed by atoms with van der Waals surface area (Å²) in [6, 6.07) is 0.316. The van der Waals surface area contributed by atoms with Crippen LogP contribution < -0.4 is 5.73 Å². The first kappa shape index (κ1) is 14.3. The molecule has 0 aromatic rings. The van der Waals surface area contributed by atoms with Gasteiger partial charge in [0.25, 0.3) is 0 Å². The second-order valence-electron chi connectivity index (χ2n) is 3.86. The predicted molar refractivity (Wildman–Crippen MR) is 65.7 cm³/mol. The van der Waals surface area contributed by atoms with Gasteiger partial charge < -0.3 is 10.8 Å². The van der Waals surface area contributed by atoms with Gasteiger partial charge in [-0.15, -0.1) is 0 Å². The summed E-state index contributed by atoms with van der Waals surface area (Å²) in [7, 11) is 0. The summed E-state index contributed by atoms with van der Waals surface area (Å²) < 4.78 is 0. The van der Waals surface area contributed by atoms with Crippen LogP contribution in [-0.2, 0) is 0 Å². The van der Waals surface area contributed by atoms with Gasteiger partial charge in [-0.1, -0.05) is 27.2 Å². The summed E-state index contributed by atoms with van der Waals surface area (Å²) in [4.78, 5) is 0. The smallest absolute Gasteiger partial charge is 0.0441 e. The first-order valence-electron chi connectivity index (χ1n) is 5.67. The highest BCUT2D eigenvalue weighted by Gasteiger charge is 2.18. The highest BCUT2D eigenvalue weighted by atomic mass is 32.2. The number of hydrogen-bond donors (Lipinski definition) is 2. The molecule has 3 unspecified atom stereocenters. The molecule has 2 nitrogen and oxygen atoms in total. The van der Waals surface area contributed by atoms with E-state index in [1.54, 1.807) is 0 Å². The van der Waals surface area contributed by atoms with E-state index in [9.17, 15) is 0 Å². The Bertz CT molecular complexity index is 132. The van der Waals surface area contributed by atoms with Crippen LogP contribution in [0.2, 0.25) is 0 Å². The van der Waals surface area contributed by atoms with E-state index in [1.807, 2.05) is 11.8 Å². The average Bonchev–Trinajstić information content (AvgIpc) is 2.15. The van der Waals surface area contributed by atoms with Crippen LogP contribution in [0, 0.1) is 0 Å². The van der Waals surface area contributed by atoms with Crippen LogP contribution in [-0.4, -0.2) is 28.3 Å². The normalized spacial score (nSPS) is 17.8. The van der Waals surface area contributed by atoms with E-state index in [2.05, 4.69) is 20.8 Å². The van der Waals surface area contributed by atoms with Crippen molar-refractivity contribution in [1.82, 2.24) is 0 Å². The summed E-state index contributed by atoms with van der Waals surface area (Å²) in [6.07, 6.45) is 4.27. The van der Waals surface area contributed by atoms with Crippen molar-refractivity contribution in [2.24, 2.45) is 5.73 Å². The van der Waals surface area contributed by atoms with Gasteiger partial charge in [-0.3, -0.25) is 0 Å². The molecule has 0 heterocycles. The Morgan fingerprint density at radius 2 is 1.93 bits per heavy atom. The van der Waals surface area contributed by atoms with E-state index in [0.717, 1.165) is 25.7 Å². The monoisotopic (exact) mass is 219 g/mol. The van der Waals surface area contributed by atoms with Gasteiger partial charge in [0.05, 0.1) is 0 Å². The van der Waals surface area contributed by atoms with Crippen LogP contribution in [0.25, 0.3) is 0 Å². The highest BCUT2D eigenvalue weighted by molar-refractivity contribution is 8.00. The van der Waals surface area contributed by atoms with Crippen molar-refractivity contribution in [3.8, 4) is 0 Å². The molecule has 0 bridgehead atoms. The number of hydrogen-bond acceptors (Lipinski definition) is 3. The Morgan fingerprint density at radius 1 is 1.29 bits per heavy atom. The Balaban J connectivity index is 3.87. The van der Waals surface area contributed by atoms with Crippen molar-refractivity contribution in [3.05, 3.63) is 0 Å². The van der Waals surface area contributed by atoms with Crippen molar-refractivity contribution in [2.75, 3.05) is 6.61 Å². The average molecular weight is 219 g/mol. The number of thioether (sulfide) groups is 1. The van der Waals surface area contributed by atoms with E-state index in [-0.39, 0.29) is 6.61 Å². The quantitative estimate of drug-likeness (QED) is 0.659. The Hall–Kier alpha value is 0.270. The lowest BCUT2D eigenvalue weighted by Crippen LogP contribution is -2.33. The maximum absolute atomic E-state index is 8.82. The highest BCUT2D eigenvalue weighted by Crippen LogP contribution is 2.25. The standard InChI is InChI=1S/C11H25NOS/c1-4-6-10(12)11(5-2)14-9(3)7-8-13/h9-11,13H,4-8,12H2,1-3H3. The van der Waals surface area contributed by atoms with Gasteiger partial charge in [0.15, 0.2) is 0 Å². The third-order valence-electron chi connectivity index (χ3n) is 2.44. The van der Waals surface area contributed by atoms with Crippen molar-refractivity contribution in [3.63, 3.8) is 0 Å². The summed E-state index contributed by atoms with van der Waals surface area (Å²) in [5, 5.41) is 9.89. The van der Waals surface area contributed by atoms with Crippen LogP contribution in [0.1, 0.15) is 46.5 Å². The van der Waals surface area contributed by atoms with Crippen LogP contribution in [0.4, 0.5) is 0 Å². The van der Waals surface area contributed by atoms with Gasteiger partial charge in [-0.25, -0.2) is 0 Å². The van der Waals surface area contributed by atoms with Gasteiger partial charge >= 0.3 is 0 Å². The van der Waals surface area contributed by atoms with Crippen molar-refractivity contribution in [2.45, 2.75) is 63.0 Å². The molecular weight excluding hydrogens is 194 g/mol. The minimum atomic E-state index is 0.285. The topological polar surface area (TPSA) is 46.2 Å². The Kier molecular flexibility index (Phi) is 8.73. The van der Waals surface area contributed by atoms with Crippen LogP contribution >= 0.6 is 11.8 Å². The van der Waals surface area contributed by atoms with Gasteiger partial charge in [0, 0.05) is 23.1 Å². The molecular formula is C11H25NOS. The van der Waals surface area contributed by atoms with Gasteiger partial charge in [0.1, 0.15) is 0 Å². The van der Waals surface area contributed by atoms with E-state index >= 15 is 0 Å². The molecule has 0 fully saturated rings. The van der Waals surface area contributed by atoms with Gasteiger partial charge in [0.2, 0.25) is 0 Å². The minimum absolute atomic E-state index is 0.285. The summed E-state index contributed by atoms with van der Waals surface area (Å²) in [5.41, 5.74) is 6.10. The Morgan fingerprint density at radius 3 is 2.36 bits per heavy atom. The molecule has 3 N–H and O–H groups in total. The van der Waals surface area contributed by atoms with Crippen LogP contribution in [0.5, 0.6) is 0 Å². The molecule has 0 aliphatic rings. The minimum Gasteiger partial charge on any atom is -0.396 e. The molecule has 0 rings (SSSR count). The lowest BCUT2D eigenvalue weighted by molar-refractivity contribution is 0.288. The first-order chi connectivity index (χ1) is 6.65. The SMILES string of the molecule is CCCC(N)C(CC)SC(C)CCO. The zero-order chi connectivity index (χ0) is 11.0. The molecule has 86 valence electrons. The summed E-state index contributed by atoms with van der Waals surface area (Å²) >= 11 is 1.93. The van der Waals surface area contributed by atoms with E-state index in [4.69, 9.17) is 10.8 Å². The molecule has 0 aromatic carbocycles. The predicted octanol–water partition coefficient (Wildman–Crippen LogP) is 2.40. The number of nitrogens with two attached hydrogens (primary N) is 1. The van der Waals surface area contributed by atoms with Crippen molar-refractivity contribution >= 4 is 11.8 Å². The molecule has 3 atom stereocenters. The van der Waals surface area contributed by atoms with Gasteiger partial charge in [-0.05, 0) is 19.3 Å². The third-order valence-corrected chi connectivity index (χ3v) is 4.18. The van der Waals surface area contributed by atoms with Crippen molar-refractivity contribution in [1.29, 1.82) is 0 Å². The molecule has 3 heteroatoms. The fourth-order valence-electron chi connectivity index (χ4n) is 1.57. The molecule has 0 amide bonds. The lowest BCUT2D eigenvalue weighted by atomic mass is 10.1. The van der Waals surface area contributed by atoms with E-state index in [0.29, 0.717) is 16.5 Å². The fourth-order valence-corrected chi connectivity index (χ4v) is 2.94. The number of rotatable bonds is 8. The number of aliphatic hydroxyl groups is 1. The molecule has 0 aliphatic heterocycles. The van der Waals surface area contributed by atoms with Crippen molar-refractivity contribution < 1.29 is 5.11 Å². The third kappa shape index (κ3) is 5.89. The molecule has 14 heavy (non-hydrogen) atoms. The molecule has 0 aliphatic carbocycles. The molecule has 0 saturated carbocycles. The summed E-state index contributed by atoms with van der Waals surface area (Å²) in [5.74, 6) is 0. The molecule has 0 aromatic heterocycles. The second kappa shape index (κ2) is 8.57. The van der Waals surface area contributed by atoms with E-state index in [1.165, 1.54) is 0 Å². The lowest BCUT2D eigenvalue weighted by Gasteiger charge is -2.24. The van der Waals surface area contributed by atoms with Crippen LogP contribution in [0.15, 0.2) is 0 Å². The fraction of sp³-hybridized carbons (Fsp3) is 1.00. The molecule has 0 saturated heterocycles. The zero-order valence-electron chi connectivity index (χ0n) is 9.70. The number of aliphatic hydroxyl groups excluding tert-OH is 1. The second-order valence-corrected chi connectivity index (χ2v) is 5.54. The largest absolute Gasteiger partial charge is 0.396 e. The van der Waals surface area contributed by atoms with Crippen LogP contribution in [0.3, 0.4) is 0 Å². The maximum Gasteiger partial charge on any atom is 0.0441 e. The zero-order valence-corrected chi connectivity index (χ0v) is 10.5. The first-order valence-corrected chi connectivity index (χ1v) is 6.61. The van der Waals surface area contributed by atoms with Gasteiger partial charge in [-0.2, -0.15) is 11.8 Å². The van der Waals surface area contributed by atoms with E-state index < -0.39 is 0 Å². The molecule has 0 radical (unpaired) electrons.